The van der Waals surface area contributed by atoms with Gasteiger partial charge in [0.25, 0.3) is 0 Å². The minimum absolute atomic E-state index is 0.0190. The first-order valence-electron chi connectivity index (χ1n) is 6.17. The molecule has 3 nitrogen and oxygen atoms in total. The van der Waals surface area contributed by atoms with Gasteiger partial charge in [-0.3, -0.25) is 4.79 Å². The van der Waals surface area contributed by atoms with Crippen LogP contribution in [0.15, 0.2) is 12.1 Å². The van der Waals surface area contributed by atoms with E-state index in [0.29, 0.717) is 19.4 Å². The van der Waals surface area contributed by atoms with E-state index in [1.807, 2.05) is 26.0 Å². The average Bonchev–Trinajstić information content (AvgIpc) is 2.76. The van der Waals surface area contributed by atoms with E-state index in [-0.39, 0.29) is 10.9 Å². The number of hydrogen-bond acceptors (Lipinski definition) is 3. The molecule has 2 N–H and O–H groups in total. The van der Waals surface area contributed by atoms with Crippen LogP contribution in [-0.2, 0) is 11.3 Å². The highest BCUT2D eigenvalue weighted by Crippen LogP contribution is 2.30. The SMILES string of the molecule is CCC(CC)(C(=O)N(C)Cc1ccc(Cl)s1)C(N)=S. The molecular formula is C13H19ClN2OS2. The van der Waals surface area contributed by atoms with E-state index in [9.17, 15) is 4.79 Å². The number of nitrogens with two attached hydrogens (primary N) is 1. The van der Waals surface area contributed by atoms with Gasteiger partial charge in [-0.1, -0.05) is 37.7 Å². The quantitative estimate of drug-likeness (QED) is 0.817. The molecule has 1 rings (SSSR count). The van der Waals surface area contributed by atoms with Gasteiger partial charge in [-0.15, -0.1) is 11.3 Å². The van der Waals surface area contributed by atoms with Crippen molar-refractivity contribution in [3.05, 3.63) is 21.3 Å². The lowest BCUT2D eigenvalue weighted by Gasteiger charge is -2.33. The number of thiocarbonyl (C=S) groups is 1. The zero-order valence-corrected chi connectivity index (χ0v) is 13.8. The Morgan fingerprint density at radius 2 is 2.05 bits per heavy atom. The highest BCUT2D eigenvalue weighted by Gasteiger charge is 2.40. The Morgan fingerprint density at radius 3 is 2.42 bits per heavy atom. The molecule has 0 fully saturated rings. The molecule has 0 aliphatic carbocycles. The lowest BCUT2D eigenvalue weighted by molar-refractivity contribution is -0.137. The molecule has 0 unspecified atom stereocenters. The van der Waals surface area contributed by atoms with Gasteiger partial charge in [0, 0.05) is 11.9 Å². The second kappa shape index (κ2) is 6.68. The minimum atomic E-state index is -0.731. The van der Waals surface area contributed by atoms with Gasteiger partial charge in [-0.05, 0) is 25.0 Å². The predicted molar refractivity (Wildman–Crippen MR) is 85.6 cm³/mol. The molecule has 0 aromatic carbocycles. The van der Waals surface area contributed by atoms with Crippen molar-refractivity contribution in [3.63, 3.8) is 0 Å². The second-order valence-corrected chi connectivity index (χ2v) is 6.76. The Kier molecular flexibility index (Phi) is 5.77. The molecule has 106 valence electrons. The van der Waals surface area contributed by atoms with Gasteiger partial charge in [0.05, 0.1) is 21.3 Å². The van der Waals surface area contributed by atoms with Crippen molar-refractivity contribution in [2.75, 3.05) is 7.05 Å². The first-order valence-corrected chi connectivity index (χ1v) is 7.77. The Labute approximate surface area is 128 Å². The molecule has 1 aromatic heterocycles. The summed E-state index contributed by atoms with van der Waals surface area (Å²) in [7, 11) is 1.77. The summed E-state index contributed by atoms with van der Waals surface area (Å²) in [5.41, 5.74) is 5.06. The van der Waals surface area contributed by atoms with Gasteiger partial charge in [0.1, 0.15) is 0 Å². The van der Waals surface area contributed by atoms with Crippen LogP contribution in [0.1, 0.15) is 31.6 Å². The maximum Gasteiger partial charge on any atom is 0.235 e. The van der Waals surface area contributed by atoms with E-state index in [4.69, 9.17) is 29.6 Å². The van der Waals surface area contributed by atoms with Crippen LogP contribution in [0.4, 0.5) is 0 Å². The van der Waals surface area contributed by atoms with Crippen LogP contribution < -0.4 is 5.73 Å². The third-order valence-corrected chi connectivity index (χ3v) is 5.06. The highest BCUT2D eigenvalue weighted by atomic mass is 35.5. The van der Waals surface area contributed by atoms with Crippen molar-refractivity contribution < 1.29 is 4.79 Å². The number of hydrogen-bond donors (Lipinski definition) is 1. The van der Waals surface area contributed by atoms with Gasteiger partial charge >= 0.3 is 0 Å². The minimum Gasteiger partial charge on any atom is -0.392 e. The zero-order valence-electron chi connectivity index (χ0n) is 11.4. The van der Waals surface area contributed by atoms with E-state index in [1.165, 1.54) is 11.3 Å². The van der Waals surface area contributed by atoms with Crippen LogP contribution in [0.5, 0.6) is 0 Å². The van der Waals surface area contributed by atoms with Gasteiger partial charge in [-0.2, -0.15) is 0 Å². The Bertz CT molecular complexity index is 469. The van der Waals surface area contributed by atoms with Gasteiger partial charge in [-0.25, -0.2) is 0 Å². The smallest absolute Gasteiger partial charge is 0.235 e. The third kappa shape index (κ3) is 3.46. The van der Waals surface area contributed by atoms with Crippen molar-refractivity contribution in [2.45, 2.75) is 33.2 Å². The van der Waals surface area contributed by atoms with Crippen LogP contribution in [0, 0.1) is 5.41 Å². The van der Waals surface area contributed by atoms with Crippen molar-refractivity contribution in [2.24, 2.45) is 11.1 Å². The number of amides is 1. The van der Waals surface area contributed by atoms with E-state index in [1.54, 1.807) is 11.9 Å². The first-order chi connectivity index (χ1) is 8.87. The molecule has 6 heteroatoms. The first kappa shape index (κ1) is 16.4. The average molecular weight is 319 g/mol. The summed E-state index contributed by atoms with van der Waals surface area (Å²) in [6, 6.07) is 3.76. The number of rotatable bonds is 6. The van der Waals surface area contributed by atoms with Crippen LogP contribution in [0.25, 0.3) is 0 Å². The fourth-order valence-corrected chi connectivity index (χ4v) is 3.63. The summed E-state index contributed by atoms with van der Waals surface area (Å²) in [6.45, 7) is 4.41. The number of nitrogens with zero attached hydrogens (tertiary/aromatic N) is 1. The Balaban J connectivity index is 2.88. The molecule has 0 bridgehead atoms. The largest absolute Gasteiger partial charge is 0.392 e. The molecule has 0 saturated carbocycles. The van der Waals surface area contributed by atoms with E-state index < -0.39 is 5.41 Å². The Morgan fingerprint density at radius 1 is 1.47 bits per heavy atom. The molecular weight excluding hydrogens is 300 g/mol. The molecule has 0 aliphatic heterocycles. The lowest BCUT2D eigenvalue weighted by Crippen LogP contribution is -2.48. The molecule has 0 saturated heterocycles. The van der Waals surface area contributed by atoms with Crippen molar-refractivity contribution >= 4 is 46.1 Å². The predicted octanol–water partition coefficient (Wildman–Crippen LogP) is 3.45. The van der Waals surface area contributed by atoms with E-state index in [0.717, 1.165) is 9.21 Å². The van der Waals surface area contributed by atoms with Crippen LogP contribution in [0.2, 0.25) is 4.34 Å². The summed E-state index contributed by atoms with van der Waals surface area (Å²) in [5.74, 6) is -0.0190. The number of halogens is 1. The number of carbonyl (C=O) groups is 1. The monoisotopic (exact) mass is 318 g/mol. The standard InChI is InChI=1S/C13H19ClN2OS2/c1-4-13(5-2,11(15)18)12(17)16(3)8-9-6-7-10(14)19-9/h6-7H,4-5,8H2,1-3H3,(H2,15,18). The van der Waals surface area contributed by atoms with Crippen LogP contribution in [0.3, 0.4) is 0 Å². The topological polar surface area (TPSA) is 46.3 Å². The van der Waals surface area contributed by atoms with Gasteiger partial charge in [0.15, 0.2) is 0 Å². The molecule has 1 aromatic rings. The van der Waals surface area contributed by atoms with Gasteiger partial charge in [0.2, 0.25) is 5.91 Å². The molecule has 0 atom stereocenters. The molecule has 19 heavy (non-hydrogen) atoms. The van der Waals surface area contributed by atoms with Crippen molar-refractivity contribution in [1.82, 2.24) is 4.90 Å². The maximum absolute atomic E-state index is 12.6. The summed E-state index contributed by atoms with van der Waals surface area (Å²) in [5, 5.41) is 0. The summed E-state index contributed by atoms with van der Waals surface area (Å²) in [6.07, 6.45) is 1.24. The fourth-order valence-electron chi connectivity index (χ4n) is 2.11. The number of carbonyl (C=O) groups excluding carboxylic acids is 1. The molecule has 1 heterocycles. The molecule has 0 radical (unpaired) electrons. The molecule has 0 aliphatic rings. The molecule has 0 spiro atoms. The van der Waals surface area contributed by atoms with Crippen LogP contribution in [-0.4, -0.2) is 22.8 Å². The summed E-state index contributed by atoms with van der Waals surface area (Å²) < 4.78 is 0.724. The number of thiophene rings is 1. The lowest BCUT2D eigenvalue weighted by atomic mass is 9.81. The zero-order chi connectivity index (χ0) is 14.6. The third-order valence-electron chi connectivity index (χ3n) is 3.46. The van der Waals surface area contributed by atoms with Gasteiger partial charge < -0.3 is 10.6 Å². The van der Waals surface area contributed by atoms with Crippen molar-refractivity contribution in [1.29, 1.82) is 0 Å². The highest BCUT2D eigenvalue weighted by molar-refractivity contribution is 7.80. The van der Waals surface area contributed by atoms with E-state index in [2.05, 4.69) is 0 Å². The van der Waals surface area contributed by atoms with Crippen molar-refractivity contribution in [3.8, 4) is 0 Å². The summed E-state index contributed by atoms with van der Waals surface area (Å²) in [4.78, 5) is 15.6. The van der Waals surface area contributed by atoms with E-state index >= 15 is 0 Å². The normalized spacial score (nSPS) is 11.4. The summed E-state index contributed by atoms with van der Waals surface area (Å²) >= 11 is 12.5. The Hall–Kier alpha value is -0.650. The second-order valence-electron chi connectivity index (χ2n) is 4.52. The fraction of sp³-hybridized carbons (Fsp3) is 0.538. The van der Waals surface area contributed by atoms with Crippen LogP contribution >= 0.6 is 35.2 Å². The molecule has 1 amide bonds. The maximum atomic E-state index is 12.6.